The van der Waals surface area contributed by atoms with Crippen molar-refractivity contribution in [3.05, 3.63) is 59.7 Å². The van der Waals surface area contributed by atoms with Gasteiger partial charge in [0.2, 0.25) is 11.8 Å². The van der Waals surface area contributed by atoms with Crippen LogP contribution in [0, 0.1) is 18.8 Å². The second-order valence-corrected chi connectivity index (χ2v) is 9.60. The van der Waals surface area contributed by atoms with Gasteiger partial charge in [0.15, 0.2) is 0 Å². The highest BCUT2D eigenvalue weighted by molar-refractivity contribution is 5.83. The van der Waals surface area contributed by atoms with Crippen molar-refractivity contribution in [3.63, 3.8) is 0 Å². The predicted octanol–water partition coefficient (Wildman–Crippen LogP) is 3.90. The van der Waals surface area contributed by atoms with Crippen molar-refractivity contribution in [3.8, 4) is 11.1 Å². The molecule has 2 heterocycles. The van der Waals surface area contributed by atoms with Crippen LogP contribution >= 0.6 is 0 Å². The number of hydrogen-bond acceptors (Lipinski definition) is 3. The summed E-state index contributed by atoms with van der Waals surface area (Å²) in [7, 11) is 0. The topological polar surface area (TPSA) is 52.6 Å². The molecule has 2 aromatic carbocycles. The predicted molar refractivity (Wildman–Crippen MR) is 133 cm³/mol. The Morgan fingerprint density at radius 3 is 2.48 bits per heavy atom. The van der Waals surface area contributed by atoms with Crippen LogP contribution in [0.25, 0.3) is 11.1 Å². The highest BCUT2D eigenvalue weighted by Crippen LogP contribution is 2.24. The molecule has 2 aliphatic heterocycles. The van der Waals surface area contributed by atoms with Crippen LogP contribution in [0.15, 0.2) is 48.5 Å². The zero-order valence-corrected chi connectivity index (χ0v) is 20.1. The van der Waals surface area contributed by atoms with E-state index < -0.39 is 0 Å². The molecule has 176 valence electrons. The van der Waals surface area contributed by atoms with Crippen LogP contribution in [0.3, 0.4) is 0 Å². The van der Waals surface area contributed by atoms with E-state index in [2.05, 4.69) is 67.7 Å². The molecule has 1 atom stereocenters. The number of hydrogen-bond donors (Lipinski definition) is 1. The van der Waals surface area contributed by atoms with Gasteiger partial charge in [-0.05, 0) is 62.4 Å². The number of carbonyl (C=O) groups is 2. The quantitative estimate of drug-likeness (QED) is 0.731. The summed E-state index contributed by atoms with van der Waals surface area (Å²) in [5, 5.41) is 3.34. The number of nitrogens with zero attached hydrogens (tertiary/aromatic N) is 2. The standard InChI is InChI=1S/C28H37N3O2/c1-3-15-30-16-17-31(27(32)24-11-13-29-14-12-24)20-26(28(30)33)19-22-7-9-23(10-8-22)25-6-4-5-21(2)18-25/h4-10,18,24,26,29H,3,11-17,19-20H2,1-2H3/t26-/m1/s1. The summed E-state index contributed by atoms with van der Waals surface area (Å²) in [5.41, 5.74) is 4.79. The summed E-state index contributed by atoms with van der Waals surface area (Å²) < 4.78 is 0. The minimum atomic E-state index is -0.186. The normalized spacial score (nSPS) is 20.1. The summed E-state index contributed by atoms with van der Waals surface area (Å²) in [4.78, 5) is 30.6. The van der Waals surface area contributed by atoms with E-state index in [-0.39, 0.29) is 23.7 Å². The number of amides is 2. The molecule has 2 aromatic rings. The Balaban J connectivity index is 1.50. The molecule has 0 aromatic heterocycles. The highest BCUT2D eigenvalue weighted by Gasteiger charge is 2.34. The van der Waals surface area contributed by atoms with Crippen LogP contribution in [0.2, 0.25) is 0 Å². The number of aryl methyl sites for hydroxylation is 1. The van der Waals surface area contributed by atoms with Gasteiger partial charge in [-0.15, -0.1) is 0 Å². The fraction of sp³-hybridized carbons (Fsp3) is 0.500. The SMILES string of the molecule is CCCN1CCN(C(=O)C2CCNCC2)C[C@@H](Cc2ccc(-c3cccc(C)c3)cc2)C1=O. The number of benzene rings is 2. The van der Waals surface area contributed by atoms with Gasteiger partial charge in [-0.2, -0.15) is 0 Å². The van der Waals surface area contributed by atoms with Crippen molar-refractivity contribution in [1.29, 1.82) is 0 Å². The second-order valence-electron chi connectivity index (χ2n) is 9.60. The molecule has 5 nitrogen and oxygen atoms in total. The van der Waals surface area contributed by atoms with Crippen LogP contribution in [0.5, 0.6) is 0 Å². The van der Waals surface area contributed by atoms with Gasteiger partial charge in [-0.3, -0.25) is 9.59 Å². The molecule has 2 fully saturated rings. The summed E-state index contributed by atoms with van der Waals surface area (Å²) >= 11 is 0. The molecular formula is C28H37N3O2. The third-order valence-corrected chi connectivity index (χ3v) is 7.02. The minimum Gasteiger partial charge on any atom is -0.341 e. The van der Waals surface area contributed by atoms with Crippen molar-refractivity contribution in [2.24, 2.45) is 11.8 Å². The molecule has 33 heavy (non-hydrogen) atoms. The summed E-state index contributed by atoms with van der Waals surface area (Å²) in [6.45, 7) is 8.61. The van der Waals surface area contributed by atoms with Crippen LogP contribution in [0.1, 0.15) is 37.3 Å². The minimum absolute atomic E-state index is 0.0911. The average Bonchev–Trinajstić information content (AvgIpc) is 2.99. The lowest BCUT2D eigenvalue weighted by molar-refractivity contribution is -0.137. The van der Waals surface area contributed by atoms with Gasteiger partial charge >= 0.3 is 0 Å². The molecule has 2 amide bonds. The van der Waals surface area contributed by atoms with E-state index in [1.165, 1.54) is 16.7 Å². The van der Waals surface area contributed by atoms with Crippen LogP contribution in [0.4, 0.5) is 0 Å². The van der Waals surface area contributed by atoms with Crippen molar-refractivity contribution >= 4 is 11.8 Å². The van der Waals surface area contributed by atoms with E-state index in [4.69, 9.17) is 0 Å². The Labute approximate surface area is 198 Å². The molecular weight excluding hydrogens is 410 g/mol. The molecule has 0 unspecified atom stereocenters. The van der Waals surface area contributed by atoms with Crippen molar-refractivity contribution in [2.75, 3.05) is 39.3 Å². The molecule has 1 N–H and O–H groups in total. The van der Waals surface area contributed by atoms with Crippen molar-refractivity contribution in [2.45, 2.75) is 39.5 Å². The maximum Gasteiger partial charge on any atom is 0.227 e. The van der Waals surface area contributed by atoms with Gasteiger partial charge in [-0.25, -0.2) is 0 Å². The molecule has 0 aliphatic carbocycles. The van der Waals surface area contributed by atoms with Gasteiger partial charge in [0.1, 0.15) is 0 Å². The summed E-state index contributed by atoms with van der Waals surface area (Å²) in [5.74, 6) is 0.338. The summed E-state index contributed by atoms with van der Waals surface area (Å²) in [6.07, 6.45) is 3.40. The fourth-order valence-electron chi connectivity index (χ4n) is 5.16. The van der Waals surface area contributed by atoms with Crippen LogP contribution in [-0.4, -0.2) is 60.9 Å². The first-order valence-electron chi connectivity index (χ1n) is 12.5. The van der Waals surface area contributed by atoms with Gasteiger partial charge in [-0.1, -0.05) is 61.0 Å². The molecule has 0 radical (unpaired) electrons. The van der Waals surface area contributed by atoms with E-state index in [1.807, 2.05) is 9.80 Å². The van der Waals surface area contributed by atoms with E-state index in [1.54, 1.807) is 0 Å². The highest BCUT2D eigenvalue weighted by atomic mass is 16.2. The molecule has 4 rings (SSSR count). The molecule has 5 heteroatoms. The van der Waals surface area contributed by atoms with Crippen LogP contribution < -0.4 is 5.32 Å². The number of nitrogens with one attached hydrogen (secondary N) is 1. The first kappa shape index (κ1) is 23.5. The van der Waals surface area contributed by atoms with Gasteiger partial charge < -0.3 is 15.1 Å². The largest absolute Gasteiger partial charge is 0.341 e. The Kier molecular flexibility index (Phi) is 7.81. The van der Waals surface area contributed by atoms with E-state index in [0.717, 1.165) is 44.5 Å². The maximum absolute atomic E-state index is 13.4. The lowest BCUT2D eigenvalue weighted by Crippen LogP contribution is -2.43. The average molecular weight is 448 g/mol. The molecule has 2 aliphatic rings. The van der Waals surface area contributed by atoms with Crippen molar-refractivity contribution in [1.82, 2.24) is 15.1 Å². The Morgan fingerprint density at radius 2 is 1.79 bits per heavy atom. The Bertz CT molecular complexity index is 950. The number of carbonyl (C=O) groups excluding carboxylic acids is 2. The van der Waals surface area contributed by atoms with E-state index in [0.29, 0.717) is 26.1 Å². The van der Waals surface area contributed by atoms with Gasteiger partial charge in [0, 0.05) is 32.1 Å². The number of rotatable bonds is 6. The first-order chi connectivity index (χ1) is 16.0. The molecule has 0 saturated carbocycles. The van der Waals surface area contributed by atoms with Crippen molar-refractivity contribution < 1.29 is 9.59 Å². The second kappa shape index (κ2) is 11.0. The van der Waals surface area contributed by atoms with E-state index in [9.17, 15) is 9.59 Å². The maximum atomic E-state index is 13.4. The third kappa shape index (κ3) is 5.83. The zero-order chi connectivity index (χ0) is 23.2. The van der Waals surface area contributed by atoms with Crippen LogP contribution in [-0.2, 0) is 16.0 Å². The Hall–Kier alpha value is -2.66. The van der Waals surface area contributed by atoms with E-state index >= 15 is 0 Å². The first-order valence-corrected chi connectivity index (χ1v) is 12.5. The Morgan fingerprint density at radius 1 is 1.03 bits per heavy atom. The number of piperidine rings is 1. The smallest absolute Gasteiger partial charge is 0.227 e. The zero-order valence-electron chi connectivity index (χ0n) is 20.1. The fourth-order valence-corrected chi connectivity index (χ4v) is 5.16. The van der Waals surface area contributed by atoms with Gasteiger partial charge in [0.05, 0.1) is 5.92 Å². The molecule has 0 bridgehead atoms. The monoisotopic (exact) mass is 447 g/mol. The van der Waals surface area contributed by atoms with Gasteiger partial charge in [0.25, 0.3) is 0 Å². The molecule has 0 spiro atoms. The molecule has 2 saturated heterocycles. The lowest BCUT2D eigenvalue weighted by Gasteiger charge is -2.30. The summed E-state index contributed by atoms with van der Waals surface area (Å²) in [6, 6.07) is 17.1. The third-order valence-electron chi connectivity index (χ3n) is 7.02. The lowest BCUT2D eigenvalue weighted by atomic mass is 9.93.